The Kier molecular flexibility index (Phi) is 4.22. The third-order valence-electron chi connectivity index (χ3n) is 4.77. The molecule has 1 saturated heterocycles. The minimum atomic E-state index is -0.0157. The first-order valence-electron chi connectivity index (χ1n) is 8.66. The van der Waals surface area contributed by atoms with Crippen LogP contribution in [0.2, 0.25) is 5.15 Å². The number of carbonyl (C=O) groups excluding carboxylic acids is 1. The minimum absolute atomic E-state index is 0.0157. The minimum Gasteiger partial charge on any atom is -0.330 e. The van der Waals surface area contributed by atoms with Crippen LogP contribution < -0.4 is 0 Å². The molecule has 1 fully saturated rings. The molecular weight excluding hydrogens is 400 g/mol. The van der Waals surface area contributed by atoms with E-state index in [4.69, 9.17) is 16.6 Å². The average Bonchev–Trinajstić information content (AvgIpc) is 3.42. The number of benzene rings is 1. The van der Waals surface area contributed by atoms with Crippen LogP contribution >= 0.6 is 34.3 Å². The molecule has 27 heavy (non-hydrogen) atoms. The molecule has 1 unspecified atom stereocenters. The summed E-state index contributed by atoms with van der Waals surface area (Å²) < 4.78 is 3.06. The maximum absolute atomic E-state index is 12.9. The maximum atomic E-state index is 12.9. The van der Waals surface area contributed by atoms with E-state index in [1.807, 2.05) is 39.1 Å². The number of aromatic nitrogens is 3. The summed E-state index contributed by atoms with van der Waals surface area (Å²) in [6, 6.07) is 8.15. The molecule has 5 rings (SSSR count). The average molecular weight is 415 g/mol. The summed E-state index contributed by atoms with van der Waals surface area (Å²) in [6.07, 6.45) is 7.19. The molecule has 136 valence electrons. The molecule has 0 bridgehead atoms. The van der Waals surface area contributed by atoms with Gasteiger partial charge in [-0.1, -0.05) is 23.7 Å². The van der Waals surface area contributed by atoms with Gasteiger partial charge in [0.1, 0.15) is 5.01 Å². The zero-order chi connectivity index (χ0) is 18.4. The summed E-state index contributed by atoms with van der Waals surface area (Å²) in [5.74, 6) is -0.0157. The van der Waals surface area contributed by atoms with Crippen molar-refractivity contribution in [2.45, 2.75) is 18.9 Å². The van der Waals surface area contributed by atoms with Crippen molar-refractivity contribution in [2.24, 2.45) is 0 Å². The van der Waals surface area contributed by atoms with E-state index in [2.05, 4.69) is 11.1 Å². The second kappa shape index (κ2) is 6.74. The van der Waals surface area contributed by atoms with Gasteiger partial charge in [-0.15, -0.1) is 22.7 Å². The van der Waals surface area contributed by atoms with Crippen LogP contribution in [-0.2, 0) is 4.79 Å². The van der Waals surface area contributed by atoms with Crippen molar-refractivity contribution in [3.8, 4) is 0 Å². The van der Waals surface area contributed by atoms with Gasteiger partial charge in [-0.2, -0.15) is 0 Å². The zero-order valence-electron chi connectivity index (χ0n) is 14.2. The Balaban J connectivity index is 1.42. The third kappa shape index (κ3) is 2.96. The van der Waals surface area contributed by atoms with E-state index >= 15 is 0 Å². The molecule has 0 aliphatic carbocycles. The quantitative estimate of drug-likeness (QED) is 0.441. The topological polar surface area (TPSA) is 50.5 Å². The smallest absolute Gasteiger partial charge is 0.247 e. The van der Waals surface area contributed by atoms with Gasteiger partial charge in [-0.25, -0.2) is 9.97 Å². The van der Waals surface area contributed by atoms with Crippen molar-refractivity contribution in [2.75, 3.05) is 6.54 Å². The predicted octanol–water partition coefficient (Wildman–Crippen LogP) is 5.04. The van der Waals surface area contributed by atoms with Gasteiger partial charge in [0.25, 0.3) is 0 Å². The van der Waals surface area contributed by atoms with Gasteiger partial charge in [0.15, 0.2) is 10.1 Å². The molecule has 0 saturated carbocycles. The second-order valence-electron chi connectivity index (χ2n) is 6.39. The van der Waals surface area contributed by atoms with Crippen molar-refractivity contribution in [3.05, 3.63) is 57.8 Å². The number of carbonyl (C=O) groups is 1. The van der Waals surface area contributed by atoms with Crippen molar-refractivity contribution >= 4 is 61.4 Å². The van der Waals surface area contributed by atoms with Gasteiger partial charge in [-0.05, 0) is 31.1 Å². The van der Waals surface area contributed by atoms with Gasteiger partial charge < -0.3 is 4.90 Å². The van der Waals surface area contributed by atoms with Gasteiger partial charge in [-0.3, -0.25) is 9.20 Å². The molecule has 0 radical (unpaired) electrons. The van der Waals surface area contributed by atoms with Crippen LogP contribution in [0.25, 0.3) is 21.3 Å². The van der Waals surface area contributed by atoms with E-state index in [-0.39, 0.29) is 11.9 Å². The Morgan fingerprint density at radius 3 is 3.07 bits per heavy atom. The lowest BCUT2D eigenvalue weighted by Gasteiger charge is -2.21. The molecule has 1 aliphatic heterocycles. The highest BCUT2D eigenvalue weighted by atomic mass is 35.5. The van der Waals surface area contributed by atoms with E-state index in [0.717, 1.165) is 45.3 Å². The summed E-state index contributed by atoms with van der Waals surface area (Å²) >= 11 is 9.40. The summed E-state index contributed by atoms with van der Waals surface area (Å²) in [5, 5.41) is 3.37. The fourth-order valence-electron chi connectivity index (χ4n) is 3.49. The number of likely N-dealkylation sites (tertiary alicyclic amines) is 1. The highest BCUT2D eigenvalue weighted by molar-refractivity contribution is 7.18. The number of hydrogen-bond acceptors (Lipinski definition) is 5. The molecule has 1 atom stereocenters. The first-order valence-corrected chi connectivity index (χ1v) is 10.7. The molecule has 1 aromatic carbocycles. The Bertz CT molecular complexity index is 1140. The molecule has 5 nitrogen and oxygen atoms in total. The molecule has 1 aliphatic rings. The van der Waals surface area contributed by atoms with Crippen LogP contribution in [0.1, 0.15) is 29.6 Å². The van der Waals surface area contributed by atoms with Gasteiger partial charge in [0, 0.05) is 24.2 Å². The summed E-state index contributed by atoms with van der Waals surface area (Å²) in [6.45, 7) is 0.748. The molecule has 0 N–H and O–H groups in total. The van der Waals surface area contributed by atoms with Crippen LogP contribution in [0.5, 0.6) is 0 Å². The molecule has 3 aromatic heterocycles. The first kappa shape index (κ1) is 16.9. The van der Waals surface area contributed by atoms with E-state index in [1.165, 1.54) is 11.3 Å². The third-order valence-corrected chi connectivity index (χ3v) is 6.94. The fourth-order valence-corrected chi connectivity index (χ4v) is 5.61. The number of halogens is 1. The van der Waals surface area contributed by atoms with E-state index in [9.17, 15) is 4.79 Å². The first-order chi connectivity index (χ1) is 13.2. The van der Waals surface area contributed by atoms with Crippen molar-refractivity contribution in [1.82, 2.24) is 19.3 Å². The lowest BCUT2D eigenvalue weighted by molar-refractivity contribution is -0.126. The Morgan fingerprint density at radius 1 is 1.30 bits per heavy atom. The molecule has 8 heteroatoms. The summed E-state index contributed by atoms with van der Waals surface area (Å²) in [5.41, 5.74) is 1.73. The highest BCUT2D eigenvalue weighted by Crippen LogP contribution is 2.36. The molecular formula is C19H15ClN4OS2. The van der Waals surface area contributed by atoms with Crippen LogP contribution in [0, 0.1) is 0 Å². The summed E-state index contributed by atoms with van der Waals surface area (Å²) in [4.78, 5) is 24.7. The number of fused-ring (bicyclic) bond motifs is 2. The fraction of sp³-hybridized carbons (Fsp3) is 0.211. The van der Waals surface area contributed by atoms with Gasteiger partial charge in [0.05, 0.1) is 22.0 Å². The number of rotatable bonds is 3. The van der Waals surface area contributed by atoms with Gasteiger partial charge >= 0.3 is 0 Å². The monoisotopic (exact) mass is 414 g/mol. The molecule has 0 spiro atoms. The predicted molar refractivity (Wildman–Crippen MR) is 110 cm³/mol. The number of thiazole rings is 2. The van der Waals surface area contributed by atoms with E-state index in [0.29, 0.717) is 5.15 Å². The SMILES string of the molecule is O=C(/C=C/c1c(Cl)nc2sccn12)N1CCCC1c1nc2ccccc2s1. The van der Waals surface area contributed by atoms with Crippen molar-refractivity contribution in [3.63, 3.8) is 0 Å². The highest BCUT2D eigenvalue weighted by Gasteiger charge is 2.31. The molecule has 4 aromatic rings. The molecule has 1 amide bonds. The Hall–Kier alpha value is -2.22. The lowest BCUT2D eigenvalue weighted by Crippen LogP contribution is -2.28. The van der Waals surface area contributed by atoms with Crippen molar-refractivity contribution in [1.29, 1.82) is 0 Å². The van der Waals surface area contributed by atoms with E-state index in [1.54, 1.807) is 23.5 Å². The van der Waals surface area contributed by atoms with Crippen LogP contribution in [0.3, 0.4) is 0 Å². The summed E-state index contributed by atoms with van der Waals surface area (Å²) in [7, 11) is 0. The lowest BCUT2D eigenvalue weighted by atomic mass is 10.2. The van der Waals surface area contributed by atoms with Crippen LogP contribution in [-0.4, -0.2) is 31.7 Å². The normalized spacial score (nSPS) is 17.7. The standard InChI is InChI=1S/C19H15ClN4OS2/c20-17-13(24-10-11-26-19(24)22-17)7-8-16(25)23-9-3-5-14(23)18-21-12-4-1-2-6-15(12)27-18/h1-2,4,6-8,10-11,14H,3,5,9H2/b8-7+. The number of nitrogens with zero attached hydrogens (tertiary/aromatic N) is 4. The number of hydrogen-bond donors (Lipinski definition) is 0. The largest absolute Gasteiger partial charge is 0.330 e. The van der Waals surface area contributed by atoms with Crippen molar-refractivity contribution < 1.29 is 4.79 Å². The Labute approximate surface area is 168 Å². The van der Waals surface area contributed by atoms with Crippen LogP contribution in [0.4, 0.5) is 0 Å². The number of imidazole rings is 1. The molecule has 4 heterocycles. The second-order valence-corrected chi connectivity index (χ2v) is 8.68. The van der Waals surface area contributed by atoms with E-state index < -0.39 is 0 Å². The zero-order valence-corrected chi connectivity index (χ0v) is 16.6. The van der Waals surface area contributed by atoms with Gasteiger partial charge in [0.2, 0.25) is 5.91 Å². The number of para-hydroxylation sites is 1. The van der Waals surface area contributed by atoms with Crippen LogP contribution in [0.15, 0.2) is 41.9 Å². The maximum Gasteiger partial charge on any atom is 0.247 e. The number of amides is 1. The Morgan fingerprint density at radius 2 is 2.19 bits per heavy atom.